The van der Waals surface area contributed by atoms with Crippen LogP contribution in [0.5, 0.6) is 0 Å². The number of aliphatic hydroxyl groups excluding tert-OH is 1. The summed E-state index contributed by atoms with van der Waals surface area (Å²) in [7, 11) is 0. The van der Waals surface area contributed by atoms with Crippen LogP contribution in [0.25, 0.3) is 0 Å². The Bertz CT molecular complexity index is 330. The van der Waals surface area contributed by atoms with Gasteiger partial charge in [-0.2, -0.15) is 20.8 Å². The van der Waals surface area contributed by atoms with E-state index in [1.807, 2.05) is 0 Å². The van der Waals surface area contributed by atoms with Crippen molar-refractivity contribution in [3.63, 3.8) is 0 Å². The molecule has 1 aromatic rings. The normalized spacial score (nSPS) is 8.28. The van der Waals surface area contributed by atoms with Crippen molar-refractivity contribution in [1.29, 1.82) is 0 Å². The van der Waals surface area contributed by atoms with Crippen molar-refractivity contribution < 1.29 is 38.1 Å². The van der Waals surface area contributed by atoms with Gasteiger partial charge in [0, 0.05) is 6.20 Å². The number of hydrogen-bond donors (Lipinski definition) is 3. The molecule has 18 heavy (non-hydrogen) atoms. The fraction of sp³-hybridized carbons (Fsp3) is 0.364. The van der Waals surface area contributed by atoms with Gasteiger partial charge in [0.1, 0.15) is 5.82 Å². The van der Waals surface area contributed by atoms with E-state index in [0.29, 0.717) is 5.56 Å². The van der Waals surface area contributed by atoms with Crippen LogP contribution in [-0.4, -0.2) is 38.7 Å². The molecule has 0 saturated heterocycles. The van der Waals surface area contributed by atoms with Crippen molar-refractivity contribution in [1.82, 2.24) is 4.98 Å². The van der Waals surface area contributed by atoms with E-state index in [1.54, 1.807) is 6.07 Å². The van der Waals surface area contributed by atoms with Crippen LogP contribution < -0.4 is 24.2 Å². The van der Waals surface area contributed by atoms with Gasteiger partial charge in [-0.1, -0.05) is 6.07 Å². The SMILES string of the molecule is C[C-](C)C.O=C(O)Nc1ccc(CO)cn1.[Al+3].[H-].[H-].[H-].[Li+]. The minimum atomic E-state index is -1.15. The minimum absolute atomic E-state index is 0. The molecule has 0 aliphatic heterocycles. The number of nitrogens with zero attached hydrogens (tertiary/aromatic N) is 1. The van der Waals surface area contributed by atoms with Gasteiger partial charge in [0.15, 0.2) is 0 Å². The molecule has 0 aliphatic carbocycles. The maximum atomic E-state index is 10.1. The average Bonchev–Trinajstić information content (AvgIpc) is 2.17. The number of pyridine rings is 1. The number of carboxylic acid groups (broad SMARTS) is 1. The summed E-state index contributed by atoms with van der Waals surface area (Å²) in [6.45, 7) is 6.15. The van der Waals surface area contributed by atoms with Crippen LogP contribution in [0.4, 0.5) is 10.6 Å². The fourth-order valence-electron chi connectivity index (χ4n) is 0.702. The second-order valence-electron chi connectivity index (χ2n) is 3.64. The van der Waals surface area contributed by atoms with E-state index < -0.39 is 6.09 Å². The van der Waals surface area contributed by atoms with E-state index in [2.05, 4.69) is 31.1 Å². The number of aromatic nitrogens is 1. The Morgan fingerprint density at radius 3 is 2.22 bits per heavy atom. The second-order valence-corrected chi connectivity index (χ2v) is 3.64. The quantitative estimate of drug-likeness (QED) is 0.483. The first kappa shape index (κ1) is 22.7. The van der Waals surface area contributed by atoms with E-state index in [0.717, 1.165) is 0 Å². The van der Waals surface area contributed by atoms with Gasteiger partial charge in [0.2, 0.25) is 0 Å². The molecule has 96 valence electrons. The van der Waals surface area contributed by atoms with Crippen LogP contribution in [0.2, 0.25) is 0 Å². The van der Waals surface area contributed by atoms with E-state index in [9.17, 15) is 4.79 Å². The van der Waals surface area contributed by atoms with Gasteiger partial charge in [-0.15, -0.1) is 0 Å². The zero-order valence-corrected chi connectivity index (χ0v) is 12.4. The van der Waals surface area contributed by atoms with Crippen molar-refractivity contribution in [2.45, 2.75) is 27.4 Å². The van der Waals surface area contributed by atoms with Crippen LogP contribution in [0.1, 0.15) is 30.6 Å². The molecule has 0 radical (unpaired) electrons. The average molecular weight is 262 g/mol. The zero-order chi connectivity index (χ0) is 12.6. The number of carbonyl (C=O) groups is 1. The third-order valence-corrected chi connectivity index (χ3v) is 1.24. The number of aliphatic hydroxyl groups is 1. The molecule has 0 saturated carbocycles. The fourth-order valence-corrected chi connectivity index (χ4v) is 0.702. The largest absolute Gasteiger partial charge is 3.00 e. The first-order valence-electron chi connectivity index (χ1n) is 4.78. The first-order valence-corrected chi connectivity index (χ1v) is 4.78. The zero-order valence-electron chi connectivity index (χ0n) is 14.3. The van der Waals surface area contributed by atoms with Crippen molar-refractivity contribution >= 4 is 29.3 Å². The van der Waals surface area contributed by atoms with Gasteiger partial charge in [-0.05, 0) is 11.6 Å². The van der Waals surface area contributed by atoms with Crippen LogP contribution in [0.15, 0.2) is 18.3 Å². The molecule has 1 amide bonds. The predicted molar refractivity (Wildman–Crippen MR) is 71.2 cm³/mol. The molecule has 1 rings (SSSR count). The maximum Gasteiger partial charge on any atom is 3.00 e. The number of anilines is 1. The maximum absolute atomic E-state index is 10.1. The summed E-state index contributed by atoms with van der Waals surface area (Å²) in [5, 5.41) is 19.0. The van der Waals surface area contributed by atoms with Crippen LogP contribution in [-0.2, 0) is 6.61 Å². The van der Waals surface area contributed by atoms with Crippen molar-refractivity contribution in [2.24, 2.45) is 0 Å². The molecule has 7 heteroatoms. The summed E-state index contributed by atoms with van der Waals surface area (Å²) in [5.74, 6) is 1.67. The summed E-state index contributed by atoms with van der Waals surface area (Å²) in [6, 6.07) is 3.08. The van der Waals surface area contributed by atoms with Gasteiger partial charge in [-0.25, -0.2) is 9.78 Å². The van der Waals surface area contributed by atoms with Gasteiger partial charge in [0.25, 0.3) is 0 Å². The first-order chi connectivity index (χ1) is 7.45. The third kappa shape index (κ3) is 13.6. The number of nitrogens with one attached hydrogen (secondary N) is 1. The summed E-state index contributed by atoms with van der Waals surface area (Å²) < 4.78 is 0. The summed E-state index contributed by atoms with van der Waals surface area (Å²) >= 11 is 0. The predicted octanol–water partition coefficient (Wildman–Crippen LogP) is -0.755. The van der Waals surface area contributed by atoms with E-state index in [-0.39, 0.29) is 52.9 Å². The molecule has 0 atom stereocenters. The summed E-state index contributed by atoms with van der Waals surface area (Å²) in [4.78, 5) is 13.9. The van der Waals surface area contributed by atoms with E-state index in [1.165, 1.54) is 18.2 Å². The second kappa shape index (κ2) is 13.0. The van der Waals surface area contributed by atoms with Gasteiger partial charge < -0.3 is 20.4 Å². The molecule has 0 aliphatic rings. The molecule has 5 nitrogen and oxygen atoms in total. The molecule has 1 aromatic heterocycles. The standard InChI is InChI=1S/C7H8N2O3.C4H9.Al.Li.3H/c10-4-5-1-2-6(8-3-5)9-7(11)12;1-4(2)3;;;;;/h1-3,10H,4H2,(H,8,9)(H,11,12);1-3H3;;;;;/q;-1;+3;+1;3*-1. The molecular weight excluding hydrogens is 242 g/mol. The minimum Gasteiger partial charge on any atom is -1.00 e. The number of amides is 1. The third-order valence-electron chi connectivity index (χ3n) is 1.24. The monoisotopic (exact) mass is 262 g/mol. The Labute approximate surface area is 135 Å². The van der Waals surface area contributed by atoms with Crippen molar-refractivity contribution in [3.8, 4) is 0 Å². The van der Waals surface area contributed by atoms with E-state index in [4.69, 9.17) is 10.2 Å². The Hall–Kier alpha value is -0.490. The molecule has 1 heterocycles. The molecule has 3 N–H and O–H groups in total. The van der Waals surface area contributed by atoms with Crippen molar-refractivity contribution in [3.05, 3.63) is 29.8 Å². The van der Waals surface area contributed by atoms with Crippen LogP contribution >= 0.6 is 0 Å². The molecule has 0 bridgehead atoms. The van der Waals surface area contributed by atoms with Crippen LogP contribution in [0.3, 0.4) is 0 Å². The van der Waals surface area contributed by atoms with Crippen LogP contribution in [0, 0.1) is 5.92 Å². The van der Waals surface area contributed by atoms with Gasteiger partial charge >= 0.3 is 42.3 Å². The summed E-state index contributed by atoms with van der Waals surface area (Å²) in [5.41, 5.74) is 0.644. The molecule has 0 spiro atoms. The van der Waals surface area contributed by atoms with Gasteiger partial charge in [-0.3, -0.25) is 5.32 Å². The smallest absolute Gasteiger partial charge is 1.00 e. The topological polar surface area (TPSA) is 82.5 Å². The van der Waals surface area contributed by atoms with E-state index >= 15 is 0 Å². The Morgan fingerprint density at radius 1 is 1.44 bits per heavy atom. The Balaban J connectivity index is -0.0000000566. The van der Waals surface area contributed by atoms with Crippen molar-refractivity contribution in [2.75, 3.05) is 5.32 Å². The Kier molecular flexibility index (Phi) is 16.3. The number of rotatable bonds is 2. The molecular formula is C11H20AlLiN2O3. The number of hydrogen-bond acceptors (Lipinski definition) is 3. The summed E-state index contributed by atoms with van der Waals surface area (Å²) in [6.07, 6.45) is 0.255. The molecule has 0 fully saturated rings. The molecule has 0 unspecified atom stereocenters. The molecule has 0 aromatic carbocycles. The Morgan fingerprint density at radius 2 is 1.94 bits per heavy atom. The van der Waals surface area contributed by atoms with Gasteiger partial charge in [0.05, 0.1) is 6.61 Å².